The van der Waals surface area contributed by atoms with Crippen molar-refractivity contribution in [3.05, 3.63) is 64.5 Å². The number of benzene rings is 2. The molecule has 0 aliphatic carbocycles. The quantitative estimate of drug-likeness (QED) is 0.513. The first-order valence-electron chi connectivity index (χ1n) is 7.72. The minimum absolute atomic E-state index is 0.135. The van der Waals surface area contributed by atoms with Crippen LogP contribution in [0.5, 0.6) is 0 Å². The highest BCUT2D eigenvalue weighted by atomic mass is 19.4. The van der Waals surface area contributed by atoms with E-state index in [-0.39, 0.29) is 16.7 Å². The number of non-ortho nitro benzene ring substituents is 1. The molecule has 0 unspecified atom stereocenters. The molecule has 0 N–H and O–H groups in total. The number of para-hydroxylation sites is 2. The van der Waals surface area contributed by atoms with Gasteiger partial charge in [0.2, 0.25) is 11.7 Å². The van der Waals surface area contributed by atoms with Crippen molar-refractivity contribution < 1.29 is 22.9 Å². The Kier molecular flexibility index (Phi) is 4.56. The SMILES string of the molecule is CN(C(=O)Cn1c(C(F)(F)F)nc2ccccc21)c1ccc([N+](=O)[O-])cc1. The lowest BCUT2D eigenvalue weighted by Crippen LogP contribution is -2.31. The number of rotatable bonds is 4. The van der Waals surface area contributed by atoms with Gasteiger partial charge >= 0.3 is 6.18 Å². The van der Waals surface area contributed by atoms with Crippen molar-refractivity contribution in [2.45, 2.75) is 12.7 Å². The summed E-state index contributed by atoms with van der Waals surface area (Å²) in [5.41, 5.74) is 0.494. The van der Waals surface area contributed by atoms with Crippen molar-refractivity contribution in [3.8, 4) is 0 Å². The normalized spacial score (nSPS) is 11.6. The van der Waals surface area contributed by atoms with E-state index in [2.05, 4.69) is 4.98 Å². The number of alkyl halides is 3. The number of carbonyl (C=O) groups excluding carboxylic acids is 1. The minimum atomic E-state index is -4.72. The summed E-state index contributed by atoms with van der Waals surface area (Å²) in [6.07, 6.45) is -4.72. The van der Waals surface area contributed by atoms with Gasteiger partial charge in [0.15, 0.2) is 0 Å². The molecule has 140 valence electrons. The van der Waals surface area contributed by atoms with Crippen LogP contribution in [0.4, 0.5) is 24.5 Å². The lowest BCUT2D eigenvalue weighted by atomic mass is 10.2. The van der Waals surface area contributed by atoms with Crippen LogP contribution in [0, 0.1) is 10.1 Å². The predicted octanol–water partition coefficient (Wildman–Crippen LogP) is 3.63. The second-order valence-electron chi connectivity index (χ2n) is 5.73. The fourth-order valence-corrected chi connectivity index (χ4v) is 2.64. The van der Waals surface area contributed by atoms with Gasteiger partial charge in [0, 0.05) is 24.9 Å². The van der Waals surface area contributed by atoms with Crippen LogP contribution in [0.3, 0.4) is 0 Å². The predicted molar refractivity (Wildman–Crippen MR) is 91.2 cm³/mol. The standard InChI is InChI=1S/C17H13F3N4O3/c1-22(11-6-8-12(9-7-11)24(26)27)15(25)10-23-14-5-3-2-4-13(14)21-16(23)17(18,19)20/h2-9H,10H2,1H3. The first kappa shape index (κ1) is 18.4. The molecule has 1 heterocycles. The van der Waals surface area contributed by atoms with Crippen LogP contribution >= 0.6 is 0 Å². The second-order valence-corrected chi connectivity index (χ2v) is 5.73. The summed E-state index contributed by atoms with van der Waals surface area (Å²) < 4.78 is 40.7. The molecule has 0 saturated heterocycles. The maximum absolute atomic E-state index is 13.3. The van der Waals surface area contributed by atoms with Gasteiger partial charge in [0.05, 0.1) is 16.0 Å². The molecule has 2 aromatic carbocycles. The van der Waals surface area contributed by atoms with Crippen molar-refractivity contribution in [1.29, 1.82) is 0 Å². The van der Waals surface area contributed by atoms with Gasteiger partial charge in [-0.1, -0.05) is 12.1 Å². The van der Waals surface area contributed by atoms with Crippen molar-refractivity contribution >= 4 is 28.3 Å². The smallest absolute Gasteiger partial charge is 0.314 e. The van der Waals surface area contributed by atoms with Gasteiger partial charge in [-0.05, 0) is 24.3 Å². The van der Waals surface area contributed by atoms with E-state index in [4.69, 9.17) is 0 Å². The van der Waals surface area contributed by atoms with Gasteiger partial charge < -0.3 is 9.47 Å². The van der Waals surface area contributed by atoms with Gasteiger partial charge in [0.25, 0.3) is 5.69 Å². The average molecular weight is 378 g/mol. The maximum Gasteiger partial charge on any atom is 0.449 e. The Bertz CT molecular complexity index is 1010. The van der Waals surface area contributed by atoms with Crippen molar-refractivity contribution in [2.75, 3.05) is 11.9 Å². The Morgan fingerprint density at radius 3 is 2.41 bits per heavy atom. The number of anilines is 1. The molecule has 27 heavy (non-hydrogen) atoms. The van der Waals surface area contributed by atoms with Crippen molar-refractivity contribution in [1.82, 2.24) is 9.55 Å². The molecule has 0 radical (unpaired) electrons. The number of likely N-dealkylation sites (N-methyl/N-ethyl adjacent to an activating group) is 1. The van der Waals surface area contributed by atoms with E-state index in [0.717, 1.165) is 9.47 Å². The summed E-state index contributed by atoms with van der Waals surface area (Å²) >= 11 is 0. The Morgan fingerprint density at radius 1 is 1.19 bits per heavy atom. The lowest BCUT2D eigenvalue weighted by molar-refractivity contribution is -0.384. The topological polar surface area (TPSA) is 81.3 Å². The zero-order chi connectivity index (χ0) is 19.8. The minimum Gasteiger partial charge on any atom is -0.314 e. The Labute approximate surface area is 150 Å². The highest BCUT2D eigenvalue weighted by Gasteiger charge is 2.38. The van der Waals surface area contributed by atoms with Gasteiger partial charge in [-0.3, -0.25) is 14.9 Å². The van der Waals surface area contributed by atoms with Gasteiger partial charge in [-0.2, -0.15) is 13.2 Å². The monoisotopic (exact) mass is 378 g/mol. The highest BCUT2D eigenvalue weighted by Crippen LogP contribution is 2.31. The summed E-state index contributed by atoms with van der Waals surface area (Å²) in [4.78, 5) is 27.4. The molecule has 10 heteroatoms. The third kappa shape index (κ3) is 3.59. The average Bonchev–Trinajstić information content (AvgIpc) is 3.00. The molecular formula is C17H13F3N4O3. The summed E-state index contributed by atoms with van der Waals surface area (Å²) in [5.74, 6) is -1.79. The molecular weight excluding hydrogens is 365 g/mol. The maximum atomic E-state index is 13.3. The zero-order valence-corrected chi connectivity index (χ0v) is 14.0. The summed E-state index contributed by atoms with van der Waals surface area (Å²) in [5, 5.41) is 10.7. The number of carbonyl (C=O) groups is 1. The number of fused-ring (bicyclic) bond motifs is 1. The Hall–Kier alpha value is -3.43. The molecule has 0 fully saturated rings. The number of amides is 1. The van der Waals surface area contributed by atoms with Crippen LogP contribution in [-0.2, 0) is 17.5 Å². The summed E-state index contributed by atoms with van der Waals surface area (Å²) in [6, 6.07) is 11.2. The van der Waals surface area contributed by atoms with Crippen LogP contribution in [0.25, 0.3) is 11.0 Å². The van der Waals surface area contributed by atoms with E-state index in [0.29, 0.717) is 5.69 Å². The largest absolute Gasteiger partial charge is 0.449 e. The van der Waals surface area contributed by atoms with E-state index in [9.17, 15) is 28.1 Å². The van der Waals surface area contributed by atoms with Crippen molar-refractivity contribution in [3.63, 3.8) is 0 Å². The number of aromatic nitrogens is 2. The summed E-state index contributed by atoms with van der Waals surface area (Å²) in [7, 11) is 1.38. The number of nitro benzene ring substituents is 1. The van der Waals surface area contributed by atoms with E-state index in [1.165, 1.54) is 43.4 Å². The molecule has 0 bridgehead atoms. The van der Waals surface area contributed by atoms with Crippen molar-refractivity contribution in [2.24, 2.45) is 0 Å². The Morgan fingerprint density at radius 2 is 1.81 bits per heavy atom. The van der Waals surface area contributed by atoms with E-state index in [1.54, 1.807) is 12.1 Å². The lowest BCUT2D eigenvalue weighted by Gasteiger charge is -2.19. The van der Waals surface area contributed by atoms with E-state index in [1.807, 2.05) is 0 Å². The second kappa shape index (κ2) is 6.71. The first-order chi connectivity index (χ1) is 12.7. The molecule has 0 atom stereocenters. The molecule has 1 amide bonds. The zero-order valence-electron chi connectivity index (χ0n) is 14.0. The molecule has 3 rings (SSSR count). The molecule has 0 spiro atoms. The molecule has 3 aromatic rings. The molecule has 0 aliphatic rings. The van der Waals surface area contributed by atoms with Crippen LogP contribution in [0.15, 0.2) is 48.5 Å². The van der Waals surface area contributed by atoms with Crippen LogP contribution in [0.2, 0.25) is 0 Å². The fraction of sp³-hybridized carbons (Fsp3) is 0.176. The number of halogens is 3. The number of nitro groups is 1. The number of hydrogen-bond donors (Lipinski definition) is 0. The van der Waals surface area contributed by atoms with Gasteiger partial charge in [0.1, 0.15) is 6.54 Å². The molecule has 0 saturated carbocycles. The molecule has 0 aliphatic heterocycles. The van der Waals surface area contributed by atoms with Gasteiger partial charge in [-0.25, -0.2) is 4.98 Å². The third-order valence-electron chi connectivity index (χ3n) is 4.02. The first-order valence-corrected chi connectivity index (χ1v) is 7.72. The Balaban J connectivity index is 1.92. The van der Waals surface area contributed by atoms with E-state index >= 15 is 0 Å². The number of imidazole rings is 1. The molecule has 1 aromatic heterocycles. The highest BCUT2D eigenvalue weighted by molar-refractivity contribution is 5.93. The fourth-order valence-electron chi connectivity index (χ4n) is 2.64. The number of nitrogens with zero attached hydrogens (tertiary/aromatic N) is 4. The third-order valence-corrected chi connectivity index (χ3v) is 4.02. The summed E-state index contributed by atoms with van der Waals surface area (Å²) in [6.45, 7) is -0.581. The van der Waals surface area contributed by atoms with Crippen LogP contribution in [-0.4, -0.2) is 27.4 Å². The van der Waals surface area contributed by atoms with E-state index < -0.39 is 29.4 Å². The van der Waals surface area contributed by atoms with Crippen LogP contribution in [0.1, 0.15) is 5.82 Å². The van der Waals surface area contributed by atoms with Crippen LogP contribution < -0.4 is 4.90 Å². The molecule has 7 nitrogen and oxygen atoms in total. The van der Waals surface area contributed by atoms with Gasteiger partial charge in [-0.15, -0.1) is 0 Å². The number of hydrogen-bond acceptors (Lipinski definition) is 4.